The fourth-order valence-electron chi connectivity index (χ4n) is 1.86. The number of nitrogens with one attached hydrogen (secondary N) is 1. The Hall–Kier alpha value is -1.06. The van der Waals surface area contributed by atoms with Crippen molar-refractivity contribution in [3.05, 3.63) is 29.8 Å². The smallest absolute Gasteiger partial charge is 0.123 e. The molecule has 0 aliphatic rings. The van der Waals surface area contributed by atoms with Crippen LogP contribution in [0.3, 0.4) is 0 Å². The summed E-state index contributed by atoms with van der Waals surface area (Å²) in [6.45, 7) is 7.28. The predicted molar refractivity (Wildman–Crippen MR) is 79.4 cm³/mol. The van der Waals surface area contributed by atoms with E-state index in [9.17, 15) is 0 Å². The van der Waals surface area contributed by atoms with Crippen LogP contribution in [0.15, 0.2) is 24.3 Å². The maximum atomic E-state index is 8.72. The molecule has 19 heavy (non-hydrogen) atoms. The zero-order valence-electron chi connectivity index (χ0n) is 12.2. The van der Waals surface area contributed by atoms with Gasteiger partial charge in [0.15, 0.2) is 0 Å². The first-order valence-corrected chi connectivity index (χ1v) is 7.26. The molecule has 0 heterocycles. The van der Waals surface area contributed by atoms with E-state index in [1.54, 1.807) is 0 Å². The molecule has 0 bridgehead atoms. The van der Waals surface area contributed by atoms with E-state index >= 15 is 0 Å². The van der Waals surface area contributed by atoms with Gasteiger partial charge in [-0.05, 0) is 37.8 Å². The molecule has 0 atom stereocenters. The van der Waals surface area contributed by atoms with Crippen LogP contribution in [0.25, 0.3) is 0 Å². The van der Waals surface area contributed by atoms with Gasteiger partial charge in [-0.25, -0.2) is 0 Å². The summed E-state index contributed by atoms with van der Waals surface area (Å²) in [6.07, 6.45) is 2.87. The standard InChI is InChI=1S/C16H27NO2/c1-14(2)12-17-13-15-8-4-5-9-16(15)19-11-7-3-6-10-18/h4-5,8-9,14,17-18H,3,6-7,10-13H2,1-2H3. The lowest BCUT2D eigenvalue weighted by Gasteiger charge is -2.13. The molecular weight excluding hydrogens is 238 g/mol. The minimum Gasteiger partial charge on any atom is -0.493 e. The molecular formula is C16H27NO2. The van der Waals surface area contributed by atoms with E-state index in [1.807, 2.05) is 18.2 Å². The van der Waals surface area contributed by atoms with Crippen molar-refractivity contribution < 1.29 is 9.84 Å². The summed E-state index contributed by atoms with van der Waals surface area (Å²) in [5.41, 5.74) is 1.21. The van der Waals surface area contributed by atoms with Gasteiger partial charge >= 0.3 is 0 Å². The fourth-order valence-corrected chi connectivity index (χ4v) is 1.86. The van der Waals surface area contributed by atoms with Gasteiger partial charge in [0, 0.05) is 18.7 Å². The molecule has 0 fully saturated rings. The molecule has 1 aromatic carbocycles. The fraction of sp³-hybridized carbons (Fsp3) is 0.625. The van der Waals surface area contributed by atoms with Gasteiger partial charge in [-0.3, -0.25) is 0 Å². The van der Waals surface area contributed by atoms with E-state index < -0.39 is 0 Å². The molecule has 0 unspecified atom stereocenters. The maximum absolute atomic E-state index is 8.72. The number of para-hydroxylation sites is 1. The average Bonchev–Trinajstić information content (AvgIpc) is 2.40. The maximum Gasteiger partial charge on any atom is 0.123 e. The lowest BCUT2D eigenvalue weighted by atomic mass is 10.2. The number of ether oxygens (including phenoxy) is 1. The van der Waals surface area contributed by atoms with E-state index in [0.717, 1.165) is 44.7 Å². The average molecular weight is 265 g/mol. The van der Waals surface area contributed by atoms with Crippen molar-refractivity contribution in [1.29, 1.82) is 0 Å². The van der Waals surface area contributed by atoms with Crippen molar-refractivity contribution in [2.24, 2.45) is 5.92 Å². The van der Waals surface area contributed by atoms with Crippen LogP contribution in [0.4, 0.5) is 0 Å². The largest absolute Gasteiger partial charge is 0.493 e. The molecule has 0 spiro atoms. The molecule has 0 aliphatic carbocycles. The molecule has 3 nitrogen and oxygen atoms in total. The first kappa shape index (κ1) is 16.0. The van der Waals surface area contributed by atoms with E-state index in [4.69, 9.17) is 9.84 Å². The third-order valence-electron chi connectivity index (χ3n) is 2.90. The monoisotopic (exact) mass is 265 g/mol. The molecule has 1 rings (SSSR count). The highest BCUT2D eigenvalue weighted by molar-refractivity contribution is 5.33. The third-order valence-corrected chi connectivity index (χ3v) is 2.90. The number of benzene rings is 1. The van der Waals surface area contributed by atoms with Gasteiger partial charge < -0.3 is 15.2 Å². The van der Waals surface area contributed by atoms with E-state index in [1.165, 1.54) is 5.56 Å². The number of hydrogen-bond acceptors (Lipinski definition) is 3. The number of aliphatic hydroxyl groups is 1. The van der Waals surface area contributed by atoms with Crippen LogP contribution >= 0.6 is 0 Å². The summed E-state index contributed by atoms with van der Waals surface area (Å²) in [5, 5.41) is 12.2. The zero-order chi connectivity index (χ0) is 13.9. The lowest BCUT2D eigenvalue weighted by molar-refractivity contribution is 0.265. The number of unbranched alkanes of at least 4 members (excludes halogenated alkanes) is 2. The van der Waals surface area contributed by atoms with Gasteiger partial charge in [0.1, 0.15) is 5.75 Å². The molecule has 0 amide bonds. The summed E-state index contributed by atoms with van der Waals surface area (Å²) >= 11 is 0. The second kappa shape index (κ2) is 9.82. The molecule has 3 heteroatoms. The predicted octanol–water partition coefficient (Wildman–Crippen LogP) is 2.97. The molecule has 0 saturated carbocycles. The Bertz CT molecular complexity index is 339. The molecule has 0 aromatic heterocycles. The highest BCUT2D eigenvalue weighted by atomic mass is 16.5. The highest BCUT2D eigenvalue weighted by Gasteiger charge is 2.03. The second-order valence-electron chi connectivity index (χ2n) is 5.27. The van der Waals surface area contributed by atoms with Crippen LogP contribution in [0.2, 0.25) is 0 Å². The molecule has 108 valence electrons. The van der Waals surface area contributed by atoms with Crippen LogP contribution in [-0.4, -0.2) is 24.9 Å². The third kappa shape index (κ3) is 7.19. The van der Waals surface area contributed by atoms with Crippen LogP contribution < -0.4 is 10.1 Å². The van der Waals surface area contributed by atoms with Crippen LogP contribution in [0, 0.1) is 5.92 Å². The molecule has 0 aliphatic heterocycles. The number of rotatable bonds is 10. The SMILES string of the molecule is CC(C)CNCc1ccccc1OCCCCCO. The highest BCUT2D eigenvalue weighted by Crippen LogP contribution is 2.18. The molecule has 0 saturated heterocycles. The van der Waals surface area contributed by atoms with Crippen molar-refractivity contribution in [3.8, 4) is 5.75 Å². The molecule has 1 aromatic rings. The van der Waals surface area contributed by atoms with Crippen LogP contribution in [0.1, 0.15) is 38.7 Å². The van der Waals surface area contributed by atoms with Crippen LogP contribution in [0.5, 0.6) is 5.75 Å². The van der Waals surface area contributed by atoms with Gasteiger partial charge in [0.2, 0.25) is 0 Å². The summed E-state index contributed by atoms with van der Waals surface area (Å²) in [4.78, 5) is 0. The summed E-state index contributed by atoms with van der Waals surface area (Å²) in [6, 6.07) is 8.19. The Labute approximate surface area is 117 Å². The molecule has 2 N–H and O–H groups in total. The Balaban J connectivity index is 2.35. The van der Waals surface area contributed by atoms with Crippen molar-refractivity contribution in [1.82, 2.24) is 5.32 Å². The van der Waals surface area contributed by atoms with E-state index in [-0.39, 0.29) is 6.61 Å². The number of aliphatic hydroxyl groups excluding tert-OH is 1. The quantitative estimate of drug-likeness (QED) is 0.639. The van der Waals surface area contributed by atoms with E-state index in [2.05, 4.69) is 25.2 Å². The van der Waals surface area contributed by atoms with Crippen molar-refractivity contribution in [2.45, 2.75) is 39.7 Å². The topological polar surface area (TPSA) is 41.5 Å². The first-order valence-electron chi connectivity index (χ1n) is 7.26. The van der Waals surface area contributed by atoms with Gasteiger partial charge in [-0.15, -0.1) is 0 Å². The Morgan fingerprint density at radius 3 is 2.68 bits per heavy atom. The second-order valence-corrected chi connectivity index (χ2v) is 5.27. The van der Waals surface area contributed by atoms with Crippen LogP contribution in [-0.2, 0) is 6.54 Å². The normalized spacial score (nSPS) is 10.9. The van der Waals surface area contributed by atoms with Gasteiger partial charge in [-0.2, -0.15) is 0 Å². The first-order chi connectivity index (χ1) is 9.24. The van der Waals surface area contributed by atoms with Crippen molar-refractivity contribution in [2.75, 3.05) is 19.8 Å². The minimum absolute atomic E-state index is 0.274. The summed E-state index contributed by atoms with van der Waals surface area (Å²) in [7, 11) is 0. The van der Waals surface area contributed by atoms with E-state index in [0.29, 0.717) is 5.92 Å². The Kier molecular flexibility index (Phi) is 8.26. The minimum atomic E-state index is 0.274. The van der Waals surface area contributed by atoms with Gasteiger partial charge in [-0.1, -0.05) is 32.0 Å². The summed E-state index contributed by atoms with van der Waals surface area (Å²) in [5.74, 6) is 1.63. The number of hydrogen-bond donors (Lipinski definition) is 2. The van der Waals surface area contributed by atoms with Crippen molar-refractivity contribution in [3.63, 3.8) is 0 Å². The van der Waals surface area contributed by atoms with Gasteiger partial charge in [0.05, 0.1) is 6.61 Å². The Morgan fingerprint density at radius 1 is 1.16 bits per heavy atom. The lowest BCUT2D eigenvalue weighted by Crippen LogP contribution is -2.19. The van der Waals surface area contributed by atoms with Gasteiger partial charge in [0.25, 0.3) is 0 Å². The van der Waals surface area contributed by atoms with Crippen molar-refractivity contribution >= 4 is 0 Å². The Morgan fingerprint density at radius 2 is 1.95 bits per heavy atom. The summed E-state index contributed by atoms with van der Waals surface area (Å²) < 4.78 is 5.82. The zero-order valence-corrected chi connectivity index (χ0v) is 12.2. The molecule has 0 radical (unpaired) electrons.